The SMILES string of the molecule is Cc1cc(N(C)c2ccccc2)nc(Nc2c(C)cccc2C)n1. The largest absolute Gasteiger partial charge is 0.329 e. The van der Waals surface area contributed by atoms with E-state index in [1.54, 1.807) is 0 Å². The molecule has 0 unspecified atom stereocenters. The number of benzene rings is 2. The molecule has 0 amide bonds. The van der Waals surface area contributed by atoms with Gasteiger partial charge in [0.2, 0.25) is 5.95 Å². The fourth-order valence-electron chi connectivity index (χ4n) is 2.69. The minimum absolute atomic E-state index is 0.616. The van der Waals surface area contributed by atoms with E-state index in [0.29, 0.717) is 5.95 Å². The summed E-state index contributed by atoms with van der Waals surface area (Å²) < 4.78 is 0. The molecule has 0 aliphatic carbocycles. The number of hydrogen-bond donors (Lipinski definition) is 1. The van der Waals surface area contributed by atoms with Gasteiger partial charge in [-0.15, -0.1) is 0 Å². The Kier molecular flexibility index (Phi) is 4.47. The molecule has 0 saturated carbocycles. The molecule has 0 radical (unpaired) electrons. The summed E-state index contributed by atoms with van der Waals surface area (Å²) in [6, 6.07) is 18.4. The van der Waals surface area contributed by atoms with Gasteiger partial charge in [-0.05, 0) is 44.0 Å². The molecule has 1 N–H and O–H groups in total. The van der Waals surface area contributed by atoms with Gasteiger partial charge in [-0.25, -0.2) is 4.98 Å². The lowest BCUT2D eigenvalue weighted by Crippen LogP contribution is -2.13. The predicted octanol–water partition coefficient (Wildman–Crippen LogP) is 4.91. The van der Waals surface area contributed by atoms with Crippen LogP contribution in [0, 0.1) is 20.8 Å². The molecule has 0 atom stereocenters. The highest BCUT2D eigenvalue weighted by Gasteiger charge is 2.10. The summed E-state index contributed by atoms with van der Waals surface area (Å²) in [5.41, 5.74) is 5.44. The molecule has 0 aliphatic rings. The Hall–Kier alpha value is -2.88. The molecule has 0 saturated heterocycles. The first kappa shape index (κ1) is 16.0. The van der Waals surface area contributed by atoms with E-state index in [1.807, 2.05) is 38.2 Å². The normalized spacial score (nSPS) is 10.5. The first-order valence-electron chi connectivity index (χ1n) is 8.02. The predicted molar refractivity (Wildman–Crippen MR) is 100 cm³/mol. The van der Waals surface area contributed by atoms with Crippen molar-refractivity contribution in [2.24, 2.45) is 0 Å². The molecule has 1 heterocycles. The van der Waals surface area contributed by atoms with E-state index in [-0.39, 0.29) is 0 Å². The number of aryl methyl sites for hydroxylation is 3. The van der Waals surface area contributed by atoms with Crippen molar-refractivity contribution in [3.63, 3.8) is 0 Å². The van der Waals surface area contributed by atoms with Crippen LogP contribution in [0.15, 0.2) is 54.6 Å². The first-order valence-corrected chi connectivity index (χ1v) is 8.02. The van der Waals surface area contributed by atoms with Crippen LogP contribution in [0.4, 0.5) is 23.1 Å². The Morgan fingerprint density at radius 1 is 0.833 bits per heavy atom. The molecule has 24 heavy (non-hydrogen) atoms. The highest BCUT2D eigenvalue weighted by Crippen LogP contribution is 2.26. The molecule has 4 nitrogen and oxygen atoms in total. The molecule has 3 rings (SSSR count). The highest BCUT2D eigenvalue weighted by molar-refractivity contribution is 5.65. The number of aromatic nitrogens is 2. The van der Waals surface area contributed by atoms with Crippen LogP contribution >= 0.6 is 0 Å². The van der Waals surface area contributed by atoms with Gasteiger partial charge in [0, 0.05) is 30.2 Å². The summed E-state index contributed by atoms with van der Waals surface area (Å²) in [6.07, 6.45) is 0. The average molecular weight is 318 g/mol. The Labute approximate surface area is 143 Å². The monoisotopic (exact) mass is 318 g/mol. The zero-order valence-corrected chi connectivity index (χ0v) is 14.5. The van der Waals surface area contributed by atoms with E-state index in [4.69, 9.17) is 4.98 Å². The summed E-state index contributed by atoms with van der Waals surface area (Å²) in [4.78, 5) is 11.3. The van der Waals surface area contributed by atoms with Crippen LogP contribution < -0.4 is 10.2 Å². The second kappa shape index (κ2) is 6.71. The van der Waals surface area contributed by atoms with Gasteiger partial charge in [0.05, 0.1) is 0 Å². The summed E-state index contributed by atoms with van der Waals surface area (Å²) in [7, 11) is 2.01. The molecule has 0 bridgehead atoms. The lowest BCUT2D eigenvalue weighted by atomic mass is 10.1. The highest BCUT2D eigenvalue weighted by atomic mass is 15.2. The third-order valence-corrected chi connectivity index (χ3v) is 4.05. The van der Waals surface area contributed by atoms with E-state index in [1.165, 1.54) is 11.1 Å². The van der Waals surface area contributed by atoms with E-state index >= 15 is 0 Å². The molecular weight excluding hydrogens is 296 g/mol. The van der Waals surface area contributed by atoms with Crippen LogP contribution in [-0.4, -0.2) is 17.0 Å². The summed E-state index contributed by atoms with van der Waals surface area (Å²) in [5, 5.41) is 3.38. The maximum absolute atomic E-state index is 4.69. The average Bonchev–Trinajstić information content (AvgIpc) is 2.58. The quantitative estimate of drug-likeness (QED) is 0.742. The van der Waals surface area contributed by atoms with Crippen molar-refractivity contribution in [3.8, 4) is 0 Å². The summed E-state index contributed by atoms with van der Waals surface area (Å²) in [6.45, 7) is 6.16. The van der Waals surface area contributed by atoms with Crippen molar-refractivity contribution >= 4 is 23.1 Å². The second-order valence-corrected chi connectivity index (χ2v) is 5.98. The second-order valence-electron chi connectivity index (χ2n) is 5.98. The first-order chi connectivity index (χ1) is 11.5. The van der Waals surface area contributed by atoms with Crippen molar-refractivity contribution in [1.82, 2.24) is 9.97 Å². The van der Waals surface area contributed by atoms with Crippen LogP contribution in [0.3, 0.4) is 0 Å². The molecule has 0 aliphatic heterocycles. The Bertz CT molecular complexity index is 823. The number of nitrogens with zero attached hydrogens (tertiary/aromatic N) is 3. The number of hydrogen-bond acceptors (Lipinski definition) is 4. The van der Waals surface area contributed by atoms with E-state index in [9.17, 15) is 0 Å². The lowest BCUT2D eigenvalue weighted by molar-refractivity contribution is 1.05. The topological polar surface area (TPSA) is 41.1 Å². The van der Waals surface area contributed by atoms with Crippen molar-refractivity contribution in [2.45, 2.75) is 20.8 Å². The molecule has 122 valence electrons. The maximum Gasteiger partial charge on any atom is 0.229 e. The third-order valence-electron chi connectivity index (χ3n) is 4.05. The molecule has 3 aromatic rings. The Balaban J connectivity index is 1.95. The van der Waals surface area contributed by atoms with Gasteiger partial charge in [0.1, 0.15) is 5.82 Å². The maximum atomic E-state index is 4.69. The Morgan fingerprint density at radius 3 is 2.17 bits per heavy atom. The van der Waals surface area contributed by atoms with Crippen LogP contribution in [0.2, 0.25) is 0 Å². The molecular formula is C20H22N4. The van der Waals surface area contributed by atoms with Crippen LogP contribution in [-0.2, 0) is 0 Å². The van der Waals surface area contributed by atoms with Crippen LogP contribution in [0.5, 0.6) is 0 Å². The molecule has 0 fully saturated rings. The van der Waals surface area contributed by atoms with Gasteiger partial charge in [-0.3, -0.25) is 0 Å². The van der Waals surface area contributed by atoms with E-state index in [2.05, 4.69) is 59.4 Å². The van der Waals surface area contributed by atoms with Crippen molar-refractivity contribution in [2.75, 3.05) is 17.3 Å². The van der Waals surface area contributed by atoms with Gasteiger partial charge in [0.25, 0.3) is 0 Å². The number of anilines is 4. The lowest BCUT2D eigenvalue weighted by Gasteiger charge is -2.20. The fourth-order valence-corrected chi connectivity index (χ4v) is 2.69. The molecule has 4 heteroatoms. The van der Waals surface area contributed by atoms with Crippen molar-refractivity contribution < 1.29 is 0 Å². The van der Waals surface area contributed by atoms with Gasteiger partial charge in [0.15, 0.2) is 0 Å². The van der Waals surface area contributed by atoms with Crippen molar-refractivity contribution in [1.29, 1.82) is 0 Å². The summed E-state index contributed by atoms with van der Waals surface area (Å²) >= 11 is 0. The zero-order valence-electron chi connectivity index (χ0n) is 14.5. The number of para-hydroxylation sites is 2. The van der Waals surface area contributed by atoms with E-state index < -0.39 is 0 Å². The van der Waals surface area contributed by atoms with Crippen LogP contribution in [0.1, 0.15) is 16.8 Å². The smallest absolute Gasteiger partial charge is 0.229 e. The minimum atomic E-state index is 0.616. The minimum Gasteiger partial charge on any atom is -0.329 e. The number of rotatable bonds is 4. The van der Waals surface area contributed by atoms with E-state index in [0.717, 1.165) is 22.9 Å². The Morgan fingerprint density at radius 2 is 1.50 bits per heavy atom. The standard InChI is InChI=1S/C20H22N4/c1-14-9-8-10-15(2)19(14)23-20-21-16(3)13-18(22-20)24(4)17-11-6-5-7-12-17/h5-13H,1-4H3,(H,21,22,23). The molecule has 1 aromatic heterocycles. The summed E-state index contributed by atoms with van der Waals surface area (Å²) in [5.74, 6) is 1.48. The number of nitrogens with one attached hydrogen (secondary N) is 1. The zero-order chi connectivity index (χ0) is 17.1. The third kappa shape index (κ3) is 3.38. The van der Waals surface area contributed by atoms with Gasteiger partial charge in [-0.2, -0.15) is 4.98 Å². The fraction of sp³-hybridized carbons (Fsp3) is 0.200. The van der Waals surface area contributed by atoms with Gasteiger partial charge >= 0.3 is 0 Å². The molecule has 0 spiro atoms. The van der Waals surface area contributed by atoms with Gasteiger partial charge < -0.3 is 10.2 Å². The van der Waals surface area contributed by atoms with Crippen LogP contribution in [0.25, 0.3) is 0 Å². The van der Waals surface area contributed by atoms with Gasteiger partial charge in [-0.1, -0.05) is 36.4 Å². The van der Waals surface area contributed by atoms with Crippen molar-refractivity contribution in [3.05, 3.63) is 71.4 Å². The molecule has 2 aromatic carbocycles.